The molecule has 0 spiro atoms. The molecule has 0 aromatic heterocycles. The number of likely N-dealkylation sites (tertiary alicyclic amines) is 1. The zero-order chi connectivity index (χ0) is 31.9. The largest absolute Gasteiger partial charge is 0.444 e. The summed E-state index contributed by atoms with van der Waals surface area (Å²) in [4.78, 5) is 68.4. The van der Waals surface area contributed by atoms with Gasteiger partial charge >= 0.3 is 6.09 Å². The second kappa shape index (κ2) is 14.5. The molecule has 3 fully saturated rings. The summed E-state index contributed by atoms with van der Waals surface area (Å²) in [6.45, 7) is 17.6. The molecule has 3 rings (SSSR count). The lowest BCUT2D eigenvalue weighted by atomic mass is 9.83. The van der Waals surface area contributed by atoms with Crippen molar-refractivity contribution < 1.29 is 28.7 Å². The van der Waals surface area contributed by atoms with Gasteiger partial charge in [0.05, 0.1) is 6.04 Å². The van der Waals surface area contributed by atoms with E-state index in [4.69, 9.17) is 4.74 Å². The van der Waals surface area contributed by atoms with E-state index in [-0.39, 0.29) is 35.5 Å². The number of rotatable bonds is 14. The summed E-state index contributed by atoms with van der Waals surface area (Å²) in [6.07, 6.45) is 9.35. The molecule has 3 N–H and O–H groups in total. The first-order valence-corrected chi connectivity index (χ1v) is 15.9. The Balaban J connectivity index is 1.81. The van der Waals surface area contributed by atoms with Crippen molar-refractivity contribution in [2.75, 3.05) is 13.1 Å². The maximum absolute atomic E-state index is 14.2. The Morgan fingerprint density at radius 1 is 1.00 bits per heavy atom. The molecule has 2 aliphatic carbocycles. The molecule has 240 valence electrons. The fraction of sp³-hybridized carbons (Fsp3) is 0.727. The van der Waals surface area contributed by atoms with E-state index >= 15 is 0 Å². The number of allylic oxidation sites excluding steroid dienone is 2. The highest BCUT2D eigenvalue weighted by Crippen LogP contribution is 2.65. The van der Waals surface area contributed by atoms with Gasteiger partial charge in [-0.15, -0.1) is 13.2 Å². The third kappa shape index (κ3) is 8.70. The number of hydrogen-bond donors (Lipinski definition) is 3. The van der Waals surface area contributed by atoms with E-state index in [1.807, 2.05) is 0 Å². The quantitative estimate of drug-likeness (QED) is 0.157. The fourth-order valence-corrected chi connectivity index (χ4v) is 6.78. The van der Waals surface area contributed by atoms with Crippen LogP contribution in [0.5, 0.6) is 0 Å². The highest BCUT2D eigenvalue weighted by atomic mass is 16.6. The average molecular weight is 601 g/mol. The van der Waals surface area contributed by atoms with E-state index in [1.165, 1.54) is 0 Å². The molecule has 1 heterocycles. The molecule has 10 heteroatoms. The summed E-state index contributed by atoms with van der Waals surface area (Å²) < 4.78 is 5.50. The molecule has 0 aromatic carbocycles. The molecular formula is C33H52N4O6. The van der Waals surface area contributed by atoms with Crippen LogP contribution in [-0.2, 0) is 23.9 Å². The molecule has 0 bridgehead atoms. The van der Waals surface area contributed by atoms with Gasteiger partial charge in [0.1, 0.15) is 17.7 Å². The first kappa shape index (κ1) is 34.3. The third-order valence-electron chi connectivity index (χ3n) is 9.21. The van der Waals surface area contributed by atoms with Crippen LogP contribution in [0.15, 0.2) is 25.3 Å². The highest BCUT2D eigenvalue weighted by Gasteiger charge is 2.69. The molecule has 3 aliphatic rings. The first-order chi connectivity index (χ1) is 20.2. The molecule has 0 radical (unpaired) electrons. The van der Waals surface area contributed by atoms with Gasteiger partial charge in [0.25, 0.3) is 5.91 Å². The van der Waals surface area contributed by atoms with Crippen LogP contribution in [0.2, 0.25) is 0 Å². The van der Waals surface area contributed by atoms with Gasteiger partial charge in [-0.3, -0.25) is 19.2 Å². The van der Waals surface area contributed by atoms with Gasteiger partial charge in [-0.25, -0.2) is 4.79 Å². The van der Waals surface area contributed by atoms with Crippen molar-refractivity contribution in [3.63, 3.8) is 0 Å². The Hall–Kier alpha value is -3.17. The van der Waals surface area contributed by atoms with Gasteiger partial charge in [0.15, 0.2) is 0 Å². The van der Waals surface area contributed by atoms with E-state index in [1.54, 1.807) is 37.8 Å². The molecule has 1 aliphatic heterocycles. The number of nitrogens with zero attached hydrogens (tertiary/aromatic N) is 1. The average Bonchev–Trinajstić information content (AvgIpc) is 3.27. The number of carbonyl (C=O) groups excluding carboxylic acids is 5. The molecule has 1 unspecified atom stereocenters. The minimum atomic E-state index is -1.04. The molecule has 4 amide bonds. The number of ether oxygens (including phenoxy) is 1. The first-order valence-electron chi connectivity index (χ1n) is 15.9. The van der Waals surface area contributed by atoms with Gasteiger partial charge < -0.3 is 25.6 Å². The topological polar surface area (TPSA) is 134 Å². The van der Waals surface area contributed by atoms with Crippen LogP contribution in [0.4, 0.5) is 4.79 Å². The van der Waals surface area contributed by atoms with Gasteiger partial charge in [-0.1, -0.05) is 45.3 Å². The van der Waals surface area contributed by atoms with Crippen molar-refractivity contribution in [2.45, 2.75) is 116 Å². The lowest BCUT2D eigenvalue weighted by Gasteiger charge is -2.37. The Bertz CT molecular complexity index is 1070. The number of hydrogen-bond acceptors (Lipinski definition) is 6. The molecule has 43 heavy (non-hydrogen) atoms. The van der Waals surface area contributed by atoms with Gasteiger partial charge in [-0.2, -0.15) is 0 Å². The van der Waals surface area contributed by atoms with Gasteiger partial charge in [0.2, 0.25) is 17.6 Å². The summed E-state index contributed by atoms with van der Waals surface area (Å²) in [5, 5.41) is 8.31. The summed E-state index contributed by atoms with van der Waals surface area (Å²) in [5.41, 5.74) is -0.877. The summed E-state index contributed by atoms with van der Waals surface area (Å²) in [7, 11) is 0. The zero-order valence-corrected chi connectivity index (χ0v) is 26.7. The Morgan fingerprint density at radius 2 is 1.65 bits per heavy atom. The van der Waals surface area contributed by atoms with Crippen molar-refractivity contribution in [3.05, 3.63) is 25.3 Å². The predicted octanol–water partition coefficient (Wildman–Crippen LogP) is 4.05. The Labute approximate surface area is 256 Å². The van der Waals surface area contributed by atoms with Crippen LogP contribution in [0.3, 0.4) is 0 Å². The molecule has 0 aromatic rings. The second-order valence-electron chi connectivity index (χ2n) is 13.9. The van der Waals surface area contributed by atoms with Crippen molar-refractivity contribution in [3.8, 4) is 0 Å². The molecule has 2 saturated carbocycles. The fourth-order valence-electron chi connectivity index (χ4n) is 6.78. The van der Waals surface area contributed by atoms with Crippen LogP contribution in [0.25, 0.3) is 0 Å². The third-order valence-corrected chi connectivity index (χ3v) is 9.21. The van der Waals surface area contributed by atoms with E-state index < -0.39 is 47.4 Å². The van der Waals surface area contributed by atoms with Crippen LogP contribution < -0.4 is 16.0 Å². The van der Waals surface area contributed by atoms with E-state index in [0.717, 1.165) is 32.1 Å². The van der Waals surface area contributed by atoms with Crippen LogP contribution in [-0.4, -0.2) is 71.3 Å². The molecule has 10 nitrogen and oxygen atoms in total. The highest BCUT2D eigenvalue weighted by molar-refractivity contribution is 6.38. The van der Waals surface area contributed by atoms with Crippen LogP contribution >= 0.6 is 0 Å². The summed E-state index contributed by atoms with van der Waals surface area (Å²) in [6, 6.07) is -2.67. The minimum Gasteiger partial charge on any atom is -0.444 e. The zero-order valence-electron chi connectivity index (χ0n) is 26.7. The monoisotopic (exact) mass is 600 g/mol. The van der Waals surface area contributed by atoms with E-state index in [0.29, 0.717) is 32.4 Å². The van der Waals surface area contributed by atoms with E-state index in [2.05, 4.69) is 43.0 Å². The molecule has 5 atom stereocenters. The number of ketones is 1. The van der Waals surface area contributed by atoms with Gasteiger partial charge in [-0.05, 0) is 82.5 Å². The number of amides is 4. The number of nitrogens with one attached hydrogen (secondary N) is 3. The van der Waals surface area contributed by atoms with Crippen molar-refractivity contribution in [1.82, 2.24) is 20.9 Å². The van der Waals surface area contributed by atoms with Crippen LogP contribution in [0, 0.1) is 23.2 Å². The number of piperidine rings is 1. The second-order valence-corrected chi connectivity index (χ2v) is 13.9. The number of alkyl carbamates (subject to hydrolysis) is 1. The number of carbonyl (C=O) groups is 5. The standard InChI is InChI=1S/C33H52N4O6/c1-8-10-15-19-34-29(40)27(38)23(18-11-9-2)35-28(39)26-24-22(33(24,6)7)20-37(26)30(41)25(21-16-13-12-14-17-21)36-31(42)43-32(3,4)5/h8-9,21-26H,1-2,10-20H2,3-7H3,(H,34,40)(H,35,39)(H,36,42)/t22-,23+,24-,25+,26?/m1/s1. The maximum Gasteiger partial charge on any atom is 0.408 e. The van der Waals surface area contributed by atoms with E-state index in [9.17, 15) is 24.0 Å². The van der Waals surface area contributed by atoms with Crippen molar-refractivity contribution in [1.29, 1.82) is 0 Å². The number of fused-ring (bicyclic) bond motifs is 1. The molecular weight excluding hydrogens is 548 g/mol. The Morgan fingerprint density at radius 3 is 2.26 bits per heavy atom. The van der Waals surface area contributed by atoms with Crippen molar-refractivity contribution >= 4 is 29.6 Å². The SMILES string of the molecule is C=CCCCNC(=O)C(=O)[C@H](CCC=C)NC(=O)C1[C@H]2[C@@H](CN1C(=O)[C@@H](NC(=O)OC(C)(C)C)C1CCCCC1)C2(C)C. The van der Waals surface area contributed by atoms with Gasteiger partial charge in [0, 0.05) is 13.1 Å². The predicted molar refractivity (Wildman–Crippen MR) is 165 cm³/mol. The lowest BCUT2D eigenvalue weighted by Crippen LogP contribution is -2.59. The van der Waals surface area contributed by atoms with Crippen molar-refractivity contribution in [2.24, 2.45) is 23.2 Å². The maximum atomic E-state index is 14.2. The Kier molecular flexibility index (Phi) is 11.6. The minimum absolute atomic E-state index is 0.0610. The number of Topliss-reactive ketones (excluding diaryl/α,β-unsaturated/α-hetero) is 1. The lowest BCUT2D eigenvalue weighted by molar-refractivity contribution is -0.145. The normalized spacial score (nSPS) is 24.1. The molecule has 1 saturated heterocycles. The summed E-state index contributed by atoms with van der Waals surface area (Å²) >= 11 is 0. The summed E-state index contributed by atoms with van der Waals surface area (Å²) in [5.74, 6) is -2.25. The number of unbranched alkanes of at least 4 members (excludes halogenated alkanes) is 1. The smallest absolute Gasteiger partial charge is 0.408 e. The van der Waals surface area contributed by atoms with Crippen LogP contribution in [0.1, 0.15) is 92.4 Å².